The van der Waals surface area contributed by atoms with Gasteiger partial charge in [0.25, 0.3) is 0 Å². The summed E-state index contributed by atoms with van der Waals surface area (Å²) in [6, 6.07) is 34.6. The Morgan fingerprint density at radius 1 is 0.389 bits per heavy atom. The average molecular weight is 475 g/mol. The molecule has 4 rings (SSSR count). The van der Waals surface area contributed by atoms with Gasteiger partial charge in [-0.15, -0.1) is 0 Å². The zero-order valence-electron chi connectivity index (χ0n) is 22.5. The molecule has 0 amide bonds. The fourth-order valence-corrected chi connectivity index (χ4v) is 4.19. The number of hydrogen-bond donors (Lipinski definition) is 0. The third-order valence-corrected chi connectivity index (χ3v) is 6.61. The molecule has 2 nitrogen and oxygen atoms in total. The monoisotopic (exact) mass is 474 g/mol. The predicted octanol–water partition coefficient (Wildman–Crippen LogP) is 9.88. The highest BCUT2D eigenvalue weighted by atomic mass is 15.1. The standard InChI is InChI=1S/C34H38N2/c1-33(2,3)29-15-7-25(8-16-29)23-27-11-19-31(20-12-27)35-36-32-21-13-28(14-22-32)24-26-9-17-30(18-10-26)34(4,5)6/h7-22H,23-24H2,1-6H3. The first-order valence-electron chi connectivity index (χ1n) is 12.8. The highest BCUT2D eigenvalue weighted by Crippen LogP contribution is 2.25. The van der Waals surface area contributed by atoms with Crippen molar-refractivity contribution in [3.05, 3.63) is 130 Å². The van der Waals surface area contributed by atoms with E-state index in [-0.39, 0.29) is 10.8 Å². The first-order chi connectivity index (χ1) is 17.1. The smallest absolute Gasteiger partial charge is 0.0857 e. The largest absolute Gasteiger partial charge is 0.151 e. The lowest BCUT2D eigenvalue weighted by Crippen LogP contribution is -2.10. The van der Waals surface area contributed by atoms with E-state index in [4.69, 9.17) is 0 Å². The van der Waals surface area contributed by atoms with Crippen LogP contribution in [0.15, 0.2) is 107 Å². The zero-order chi connectivity index (χ0) is 25.8. The Morgan fingerprint density at radius 3 is 0.889 bits per heavy atom. The Hall–Kier alpha value is -3.52. The van der Waals surface area contributed by atoms with Crippen molar-refractivity contribution in [1.29, 1.82) is 0 Å². The predicted molar refractivity (Wildman–Crippen MR) is 153 cm³/mol. The second kappa shape index (κ2) is 10.6. The molecular formula is C34H38N2. The third kappa shape index (κ3) is 7.01. The molecule has 4 aromatic rings. The highest BCUT2D eigenvalue weighted by molar-refractivity contribution is 5.44. The number of rotatable bonds is 6. The van der Waals surface area contributed by atoms with Gasteiger partial charge in [0.2, 0.25) is 0 Å². The molecule has 0 spiro atoms. The fraction of sp³-hybridized carbons (Fsp3) is 0.294. The van der Waals surface area contributed by atoms with Crippen molar-refractivity contribution in [3.8, 4) is 0 Å². The van der Waals surface area contributed by atoms with Crippen LogP contribution in [0.4, 0.5) is 11.4 Å². The Labute approximate surface area is 217 Å². The number of azo groups is 1. The minimum atomic E-state index is 0.184. The van der Waals surface area contributed by atoms with Crippen LogP contribution in [-0.4, -0.2) is 0 Å². The SMILES string of the molecule is CC(C)(C)c1ccc(Cc2ccc(N=Nc3ccc(Cc4ccc(C(C)(C)C)cc4)cc3)cc2)cc1. The van der Waals surface area contributed by atoms with E-state index in [0.29, 0.717) is 0 Å². The molecule has 0 N–H and O–H groups in total. The second-order valence-corrected chi connectivity index (χ2v) is 11.8. The normalized spacial score (nSPS) is 12.3. The van der Waals surface area contributed by atoms with Gasteiger partial charge >= 0.3 is 0 Å². The van der Waals surface area contributed by atoms with E-state index in [0.717, 1.165) is 24.2 Å². The van der Waals surface area contributed by atoms with E-state index in [1.165, 1.54) is 33.4 Å². The lowest BCUT2D eigenvalue weighted by Gasteiger charge is -2.19. The number of hydrogen-bond acceptors (Lipinski definition) is 2. The molecule has 0 saturated carbocycles. The lowest BCUT2D eigenvalue weighted by atomic mass is 9.86. The van der Waals surface area contributed by atoms with Crippen LogP contribution >= 0.6 is 0 Å². The van der Waals surface area contributed by atoms with Crippen molar-refractivity contribution >= 4 is 11.4 Å². The maximum Gasteiger partial charge on any atom is 0.0857 e. The zero-order valence-corrected chi connectivity index (χ0v) is 22.5. The van der Waals surface area contributed by atoms with E-state index in [2.05, 4.69) is 125 Å². The van der Waals surface area contributed by atoms with Gasteiger partial charge in [-0.1, -0.05) is 114 Å². The maximum atomic E-state index is 4.43. The minimum absolute atomic E-state index is 0.184. The van der Waals surface area contributed by atoms with Crippen molar-refractivity contribution in [2.45, 2.75) is 65.2 Å². The van der Waals surface area contributed by atoms with Gasteiger partial charge in [-0.2, -0.15) is 10.2 Å². The van der Waals surface area contributed by atoms with E-state index < -0.39 is 0 Å². The van der Waals surface area contributed by atoms with Crippen LogP contribution in [0.5, 0.6) is 0 Å². The van der Waals surface area contributed by atoms with Gasteiger partial charge in [0.05, 0.1) is 11.4 Å². The van der Waals surface area contributed by atoms with Crippen molar-refractivity contribution in [1.82, 2.24) is 0 Å². The van der Waals surface area contributed by atoms with Crippen LogP contribution in [0.25, 0.3) is 0 Å². The van der Waals surface area contributed by atoms with Gasteiger partial charge in [-0.25, -0.2) is 0 Å². The topological polar surface area (TPSA) is 24.7 Å². The summed E-state index contributed by atoms with van der Waals surface area (Å²) in [5.41, 5.74) is 10.0. The summed E-state index contributed by atoms with van der Waals surface area (Å²) in [6.45, 7) is 13.5. The van der Waals surface area contributed by atoms with Gasteiger partial charge in [-0.05, 0) is 81.3 Å². The molecule has 4 aromatic carbocycles. The highest BCUT2D eigenvalue weighted by Gasteiger charge is 2.13. The number of nitrogens with zero attached hydrogens (tertiary/aromatic N) is 2. The second-order valence-electron chi connectivity index (χ2n) is 11.8. The lowest BCUT2D eigenvalue weighted by molar-refractivity contribution is 0.590. The number of benzene rings is 4. The van der Waals surface area contributed by atoms with Crippen LogP contribution in [0.2, 0.25) is 0 Å². The molecule has 0 atom stereocenters. The molecule has 2 heteroatoms. The van der Waals surface area contributed by atoms with E-state index in [1.54, 1.807) is 0 Å². The van der Waals surface area contributed by atoms with Crippen LogP contribution in [0.1, 0.15) is 74.9 Å². The molecule has 0 unspecified atom stereocenters. The molecule has 0 aliphatic rings. The molecule has 0 radical (unpaired) electrons. The molecule has 0 heterocycles. The van der Waals surface area contributed by atoms with Crippen LogP contribution in [-0.2, 0) is 23.7 Å². The van der Waals surface area contributed by atoms with Gasteiger partial charge in [0.15, 0.2) is 0 Å². The molecular weight excluding hydrogens is 436 g/mol. The van der Waals surface area contributed by atoms with Crippen molar-refractivity contribution in [2.75, 3.05) is 0 Å². The summed E-state index contributed by atoms with van der Waals surface area (Å²) in [5, 5.41) is 8.87. The van der Waals surface area contributed by atoms with Crippen molar-refractivity contribution in [2.24, 2.45) is 10.2 Å². The maximum absolute atomic E-state index is 4.43. The van der Waals surface area contributed by atoms with Crippen LogP contribution in [0.3, 0.4) is 0 Å². The first kappa shape index (κ1) is 25.6. The molecule has 0 aliphatic carbocycles. The molecule has 0 fully saturated rings. The van der Waals surface area contributed by atoms with E-state index in [9.17, 15) is 0 Å². The first-order valence-corrected chi connectivity index (χ1v) is 12.8. The summed E-state index contributed by atoms with van der Waals surface area (Å²) < 4.78 is 0. The van der Waals surface area contributed by atoms with Crippen molar-refractivity contribution < 1.29 is 0 Å². The Kier molecular flexibility index (Phi) is 7.54. The molecule has 36 heavy (non-hydrogen) atoms. The third-order valence-electron chi connectivity index (χ3n) is 6.61. The van der Waals surface area contributed by atoms with Gasteiger partial charge < -0.3 is 0 Å². The quantitative estimate of drug-likeness (QED) is 0.248. The van der Waals surface area contributed by atoms with Crippen LogP contribution < -0.4 is 0 Å². The fourth-order valence-electron chi connectivity index (χ4n) is 4.19. The van der Waals surface area contributed by atoms with Crippen molar-refractivity contribution in [3.63, 3.8) is 0 Å². The molecule has 0 aromatic heterocycles. The summed E-state index contributed by atoms with van der Waals surface area (Å²) >= 11 is 0. The molecule has 0 bridgehead atoms. The minimum Gasteiger partial charge on any atom is -0.151 e. The van der Waals surface area contributed by atoms with Gasteiger partial charge in [0.1, 0.15) is 0 Å². The van der Waals surface area contributed by atoms with Gasteiger partial charge in [0, 0.05) is 0 Å². The molecule has 184 valence electrons. The molecule has 0 saturated heterocycles. The Bertz CT molecular complexity index is 1180. The summed E-state index contributed by atoms with van der Waals surface area (Å²) in [4.78, 5) is 0. The Balaban J connectivity index is 1.33. The van der Waals surface area contributed by atoms with E-state index in [1.807, 2.05) is 24.3 Å². The summed E-state index contributed by atoms with van der Waals surface area (Å²) in [5.74, 6) is 0. The Morgan fingerprint density at radius 2 is 0.639 bits per heavy atom. The van der Waals surface area contributed by atoms with E-state index >= 15 is 0 Å². The molecule has 0 aliphatic heterocycles. The van der Waals surface area contributed by atoms with Gasteiger partial charge in [-0.3, -0.25) is 0 Å². The summed E-state index contributed by atoms with van der Waals surface area (Å²) in [7, 11) is 0. The average Bonchev–Trinajstić information content (AvgIpc) is 2.84. The summed E-state index contributed by atoms with van der Waals surface area (Å²) in [6.07, 6.45) is 1.84. The van der Waals surface area contributed by atoms with Crippen LogP contribution in [0, 0.1) is 0 Å².